The molecule has 0 amide bonds. The Hall–Kier alpha value is -2.13. The Morgan fingerprint density at radius 1 is 1.30 bits per heavy atom. The number of nitrogens with zero attached hydrogens (tertiary/aromatic N) is 2. The Bertz CT molecular complexity index is 750. The molecule has 0 N–H and O–H groups in total. The van der Waals surface area contributed by atoms with Crippen LogP contribution >= 0.6 is 0 Å². The van der Waals surface area contributed by atoms with Gasteiger partial charge in [-0.05, 0) is 31.5 Å². The molecule has 2 aromatic rings. The molecule has 1 aromatic carbocycles. The predicted octanol–water partition coefficient (Wildman–Crippen LogP) is 2.28. The molecule has 0 saturated carbocycles. The van der Waals surface area contributed by atoms with E-state index in [2.05, 4.69) is 5.16 Å². The van der Waals surface area contributed by atoms with Gasteiger partial charge >= 0.3 is 0 Å². The Morgan fingerprint density at radius 3 is 2.65 bits per heavy atom. The molecular formula is C14H14N2O3S. The standard InChI is InChI=1S/C14H14N2O3S/c1-10-14(11(2)19-16-10)9-20(17,18)8-13-5-3-4-12(6-13)7-15/h3-6H,8-9H2,1-2H3. The van der Waals surface area contributed by atoms with E-state index in [1.807, 2.05) is 6.07 Å². The number of hydrogen-bond donors (Lipinski definition) is 0. The minimum Gasteiger partial charge on any atom is -0.361 e. The summed E-state index contributed by atoms with van der Waals surface area (Å²) in [5.74, 6) is 0.314. The first-order chi connectivity index (χ1) is 9.41. The van der Waals surface area contributed by atoms with E-state index >= 15 is 0 Å². The van der Waals surface area contributed by atoms with Crippen LogP contribution in [0.5, 0.6) is 0 Å². The molecule has 5 nitrogen and oxygen atoms in total. The summed E-state index contributed by atoms with van der Waals surface area (Å²) in [6.07, 6.45) is 0. The average molecular weight is 290 g/mol. The Labute approximate surface area is 117 Å². The van der Waals surface area contributed by atoms with E-state index in [9.17, 15) is 8.42 Å². The summed E-state index contributed by atoms with van der Waals surface area (Å²) in [7, 11) is -3.34. The maximum absolute atomic E-state index is 12.2. The molecule has 1 heterocycles. The highest BCUT2D eigenvalue weighted by atomic mass is 32.2. The van der Waals surface area contributed by atoms with Gasteiger partial charge in [0.2, 0.25) is 0 Å². The van der Waals surface area contributed by atoms with E-state index in [1.54, 1.807) is 38.1 Å². The Morgan fingerprint density at radius 2 is 2.05 bits per heavy atom. The molecule has 6 heteroatoms. The number of sulfone groups is 1. The third kappa shape index (κ3) is 3.25. The zero-order valence-corrected chi connectivity index (χ0v) is 12.1. The number of rotatable bonds is 4. The van der Waals surface area contributed by atoms with Crippen molar-refractivity contribution in [3.63, 3.8) is 0 Å². The van der Waals surface area contributed by atoms with Gasteiger partial charge < -0.3 is 4.52 Å². The molecule has 0 fully saturated rings. The second-order valence-electron chi connectivity index (χ2n) is 4.65. The van der Waals surface area contributed by atoms with E-state index in [-0.39, 0.29) is 11.5 Å². The smallest absolute Gasteiger partial charge is 0.158 e. The molecule has 0 atom stereocenters. The predicted molar refractivity (Wildman–Crippen MR) is 73.5 cm³/mol. The maximum atomic E-state index is 12.2. The fourth-order valence-corrected chi connectivity index (χ4v) is 3.60. The van der Waals surface area contributed by atoms with Crippen molar-refractivity contribution in [3.8, 4) is 6.07 Å². The van der Waals surface area contributed by atoms with E-state index in [4.69, 9.17) is 9.78 Å². The van der Waals surface area contributed by atoms with Gasteiger partial charge in [0.15, 0.2) is 9.84 Å². The molecule has 0 unspecified atom stereocenters. The monoisotopic (exact) mass is 290 g/mol. The van der Waals surface area contributed by atoms with Gasteiger partial charge in [-0.15, -0.1) is 0 Å². The highest BCUT2D eigenvalue weighted by Crippen LogP contribution is 2.18. The van der Waals surface area contributed by atoms with Crippen LogP contribution in [0.15, 0.2) is 28.8 Å². The van der Waals surface area contributed by atoms with E-state index < -0.39 is 9.84 Å². The highest BCUT2D eigenvalue weighted by Gasteiger charge is 2.19. The van der Waals surface area contributed by atoms with Crippen molar-refractivity contribution in [2.45, 2.75) is 25.4 Å². The zero-order chi connectivity index (χ0) is 14.8. The van der Waals surface area contributed by atoms with Crippen LogP contribution in [0.2, 0.25) is 0 Å². The molecule has 0 aliphatic rings. The van der Waals surface area contributed by atoms with Crippen LogP contribution in [0.25, 0.3) is 0 Å². The second-order valence-corrected chi connectivity index (χ2v) is 6.71. The Kier molecular flexibility index (Phi) is 3.91. The topological polar surface area (TPSA) is 84.0 Å². The van der Waals surface area contributed by atoms with Gasteiger partial charge in [0, 0.05) is 5.56 Å². The number of aromatic nitrogens is 1. The molecule has 0 spiro atoms. The minimum atomic E-state index is -3.34. The van der Waals surface area contributed by atoms with Gasteiger partial charge in [0.05, 0.1) is 28.8 Å². The molecule has 0 aliphatic heterocycles. The third-order valence-corrected chi connectivity index (χ3v) is 4.49. The molecule has 0 bridgehead atoms. The van der Waals surface area contributed by atoms with Crippen LogP contribution in [0.4, 0.5) is 0 Å². The van der Waals surface area contributed by atoms with Crippen LogP contribution in [-0.4, -0.2) is 13.6 Å². The first-order valence-corrected chi connectivity index (χ1v) is 7.84. The zero-order valence-electron chi connectivity index (χ0n) is 11.3. The van der Waals surface area contributed by atoms with Crippen molar-refractivity contribution in [2.24, 2.45) is 0 Å². The van der Waals surface area contributed by atoms with E-state index in [1.165, 1.54) is 0 Å². The summed E-state index contributed by atoms with van der Waals surface area (Å²) in [6, 6.07) is 8.61. The first kappa shape index (κ1) is 14.3. The molecule has 0 radical (unpaired) electrons. The second kappa shape index (κ2) is 5.47. The summed E-state index contributed by atoms with van der Waals surface area (Å²) in [5, 5.41) is 12.6. The highest BCUT2D eigenvalue weighted by molar-refractivity contribution is 7.89. The summed E-state index contributed by atoms with van der Waals surface area (Å²) in [4.78, 5) is 0. The van der Waals surface area contributed by atoms with Crippen molar-refractivity contribution in [2.75, 3.05) is 0 Å². The van der Waals surface area contributed by atoms with Gasteiger partial charge in [-0.3, -0.25) is 0 Å². The number of hydrogen-bond acceptors (Lipinski definition) is 5. The molecule has 1 aromatic heterocycles. The minimum absolute atomic E-state index is 0.105. The van der Waals surface area contributed by atoms with Crippen molar-refractivity contribution in [1.82, 2.24) is 5.16 Å². The fourth-order valence-electron chi connectivity index (χ4n) is 1.96. The first-order valence-electron chi connectivity index (χ1n) is 6.02. The maximum Gasteiger partial charge on any atom is 0.158 e. The quantitative estimate of drug-likeness (QED) is 0.862. The SMILES string of the molecule is Cc1noc(C)c1CS(=O)(=O)Cc1cccc(C#N)c1. The van der Waals surface area contributed by atoms with Crippen molar-refractivity contribution in [3.05, 3.63) is 52.4 Å². The van der Waals surface area contributed by atoms with Gasteiger partial charge in [0.25, 0.3) is 0 Å². The van der Waals surface area contributed by atoms with Gasteiger partial charge in [-0.1, -0.05) is 17.3 Å². The van der Waals surface area contributed by atoms with Crippen LogP contribution in [0.1, 0.15) is 28.1 Å². The largest absolute Gasteiger partial charge is 0.361 e. The summed E-state index contributed by atoms with van der Waals surface area (Å²) >= 11 is 0. The molecule has 0 aliphatic carbocycles. The lowest BCUT2D eigenvalue weighted by molar-refractivity contribution is 0.392. The van der Waals surface area contributed by atoms with Crippen molar-refractivity contribution < 1.29 is 12.9 Å². The lowest BCUT2D eigenvalue weighted by atomic mass is 10.2. The summed E-state index contributed by atoms with van der Waals surface area (Å²) in [6.45, 7) is 3.42. The van der Waals surface area contributed by atoms with Crippen LogP contribution in [0.3, 0.4) is 0 Å². The molecule has 20 heavy (non-hydrogen) atoms. The van der Waals surface area contributed by atoms with E-state index in [0.29, 0.717) is 28.1 Å². The van der Waals surface area contributed by atoms with Crippen molar-refractivity contribution >= 4 is 9.84 Å². The fraction of sp³-hybridized carbons (Fsp3) is 0.286. The lowest BCUT2D eigenvalue weighted by Gasteiger charge is -2.04. The molecular weight excluding hydrogens is 276 g/mol. The normalized spacial score (nSPS) is 11.2. The van der Waals surface area contributed by atoms with Gasteiger partial charge in [-0.2, -0.15) is 5.26 Å². The van der Waals surface area contributed by atoms with Gasteiger partial charge in [-0.25, -0.2) is 8.42 Å². The molecule has 2 rings (SSSR count). The van der Waals surface area contributed by atoms with Crippen molar-refractivity contribution in [1.29, 1.82) is 5.26 Å². The van der Waals surface area contributed by atoms with Crippen LogP contribution < -0.4 is 0 Å². The molecule has 104 valence electrons. The summed E-state index contributed by atoms with van der Waals surface area (Å²) < 4.78 is 29.4. The van der Waals surface area contributed by atoms with Gasteiger partial charge in [0.1, 0.15) is 5.76 Å². The lowest BCUT2D eigenvalue weighted by Crippen LogP contribution is -2.09. The van der Waals surface area contributed by atoms with Crippen LogP contribution in [-0.2, 0) is 21.3 Å². The third-order valence-electron chi connectivity index (χ3n) is 2.99. The Balaban J connectivity index is 2.22. The van der Waals surface area contributed by atoms with Crippen LogP contribution in [0, 0.1) is 25.2 Å². The summed E-state index contributed by atoms with van der Waals surface area (Å²) in [5.41, 5.74) is 2.27. The molecule has 0 saturated heterocycles. The number of aryl methyl sites for hydroxylation is 2. The number of nitriles is 1. The van der Waals surface area contributed by atoms with E-state index in [0.717, 1.165) is 0 Å². The number of benzene rings is 1. The average Bonchev–Trinajstić information content (AvgIpc) is 2.70.